The third-order valence-electron chi connectivity index (χ3n) is 2.39. The number of hydrogen-bond donors (Lipinski definition) is 3. The molecule has 0 fully saturated rings. The van der Waals surface area contributed by atoms with Crippen LogP contribution < -0.4 is 11.2 Å². The van der Waals surface area contributed by atoms with E-state index in [1.165, 1.54) is 12.1 Å². The standard InChI is InChI=1S/C12H18BNO4/c1-7-9(11(15)18-12(2,3)4)5-8(13(16)17)6-10(7)14/h5-6,16-17H,14H2,1-4H3. The lowest BCUT2D eigenvalue weighted by molar-refractivity contribution is 0.00689. The molecule has 1 aromatic carbocycles. The Morgan fingerprint density at radius 3 is 2.33 bits per heavy atom. The summed E-state index contributed by atoms with van der Waals surface area (Å²) in [6.45, 7) is 6.96. The molecule has 5 nitrogen and oxygen atoms in total. The minimum absolute atomic E-state index is 0.166. The van der Waals surface area contributed by atoms with Crippen molar-refractivity contribution in [3.05, 3.63) is 23.3 Å². The van der Waals surface area contributed by atoms with E-state index in [4.69, 9.17) is 20.5 Å². The number of esters is 1. The lowest BCUT2D eigenvalue weighted by Gasteiger charge is -2.21. The summed E-state index contributed by atoms with van der Waals surface area (Å²) in [6.07, 6.45) is 0. The maximum absolute atomic E-state index is 12.0. The van der Waals surface area contributed by atoms with Crippen LogP contribution in [0.25, 0.3) is 0 Å². The summed E-state index contributed by atoms with van der Waals surface area (Å²) in [5.41, 5.74) is 6.41. The van der Waals surface area contributed by atoms with Gasteiger partial charge >= 0.3 is 13.1 Å². The van der Waals surface area contributed by atoms with E-state index in [1.807, 2.05) is 0 Å². The van der Waals surface area contributed by atoms with E-state index in [2.05, 4.69) is 0 Å². The molecule has 0 aromatic heterocycles. The number of carbonyl (C=O) groups is 1. The van der Waals surface area contributed by atoms with Crippen molar-refractivity contribution < 1.29 is 19.6 Å². The number of ether oxygens (including phenoxy) is 1. The maximum Gasteiger partial charge on any atom is 0.488 e. The summed E-state index contributed by atoms with van der Waals surface area (Å²) >= 11 is 0. The Labute approximate surface area is 107 Å². The van der Waals surface area contributed by atoms with Gasteiger partial charge in [0, 0.05) is 5.69 Å². The molecule has 0 spiro atoms. The summed E-state index contributed by atoms with van der Waals surface area (Å²) in [5.74, 6) is -0.533. The quantitative estimate of drug-likeness (QED) is 0.397. The van der Waals surface area contributed by atoms with Gasteiger partial charge in [0.05, 0.1) is 5.56 Å². The molecular weight excluding hydrogens is 233 g/mol. The molecule has 0 unspecified atom stereocenters. The normalized spacial score (nSPS) is 11.2. The predicted molar refractivity (Wildman–Crippen MR) is 70.6 cm³/mol. The molecule has 1 rings (SSSR count). The molecule has 0 amide bonds. The average Bonchev–Trinajstić information content (AvgIpc) is 2.18. The molecule has 4 N–H and O–H groups in total. The summed E-state index contributed by atoms with van der Waals surface area (Å²) in [6, 6.07) is 2.80. The second-order valence-corrected chi connectivity index (χ2v) is 5.16. The van der Waals surface area contributed by atoms with E-state index in [9.17, 15) is 4.79 Å². The van der Waals surface area contributed by atoms with Crippen LogP contribution in [0.1, 0.15) is 36.7 Å². The molecule has 0 aliphatic rings. The van der Waals surface area contributed by atoms with Gasteiger partial charge in [-0.15, -0.1) is 0 Å². The summed E-state index contributed by atoms with van der Waals surface area (Å²) in [5, 5.41) is 18.3. The highest BCUT2D eigenvalue weighted by atomic mass is 16.6. The number of rotatable bonds is 2. The lowest BCUT2D eigenvalue weighted by atomic mass is 9.78. The highest BCUT2D eigenvalue weighted by molar-refractivity contribution is 6.58. The van der Waals surface area contributed by atoms with Crippen LogP contribution in [0.5, 0.6) is 0 Å². The van der Waals surface area contributed by atoms with Gasteiger partial charge in [0.1, 0.15) is 5.60 Å². The summed E-state index contributed by atoms with van der Waals surface area (Å²) < 4.78 is 5.24. The van der Waals surface area contributed by atoms with Gasteiger partial charge < -0.3 is 20.5 Å². The molecule has 0 saturated heterocycles. The second kappa shape index (κ2) is 5.00. The molecular formula is C12H18BNO4. The third-order valence-corrected chi connectivity index (χ3v) is 2.39. The van der Waals surface area contributed by atoms with Crippen LogP contribution >= 0.6 is 0 Å². The fourth-order valence-corrected chi connectivity index (χ4v) is 1.45. The van der Waals surface area contributed by atoms with Crippen LogP contribution in [0.2, 0.25) is 0 Å². The average molecular weight is 251 g/mol. The highest BCUT2D eigenvalue weighted by Crippen LogP contribution is 2.18. The molecule has 0 aliphatic heterocycles. The van der Waals surface area contributed by atoms with Crippen molar-refractivity contribution in [3.63, 3.8) is 0 Å². The SMILES string of the molecule is Cc1c(N)cc(B(O)O)cc1C(=O)OC(C)(C)C. The highest BCUT2D eigenvalue weighted by Gasteiger charge is 2.23. The van der Waals surface area contributed by atoms with Crippen molar-refractivity contribution in [3.8, 4) is 0 Å². The van der Waals surface area contributed by atoms with Crippen molar-refractivity contribution in [1.82, 2.24) is 0 Å². The minimum atomic E-state index is -1.67. The summed E-state index contributed by atoms with van der Waals surface area (Å²) in [4.78, 5) is 12.0. The Morgan fingerprint density at radius 2 is 1.89 bits per heavy atom. The Kier molecular flexibility index (Phi) is 4.03. The van der Waals surface area contributed by atoms with Crippen molar-refractivity contribution in [2.45, 2.75) is 33.3 Å². The van der Waals surface area contributed by atoms with Crippen LogP contribution in [0.15, 0.2) is 12.1 Å². The van der Waals surface area contributed by atoms with Gasteiger partial charge in [-0.05, 0) is 50.9 Å². The van der Waals surface area contributed by atoms with Crippen molar-refractivity contribution in [1.29, 1.82) is 0 Å². The number of benzene rings is 1. The zero-order valence-corrected chi connectivity index (χ0v) is 11.0. The van der Waals surface area contributed by atoms with Gasteiger partial charge in [0.15, 0.2) is 0 Å². The molecule has 98 valence electrons. The van der Waals surface area contributed by atoms with Gasteiger partial charge in [-0.2, -0.15) is 0 Å². The van der Waals surface area contributed by atoms with Crippen molar-refractivity contribution >= 4 is 24.2 Å². The van der Waals surface area contributed by atoms with Gasteiger partial charge in [0.25, 0.3) is 0 Å². The molecule has 6 heteroatoms. The van der Waals surface area contributed by atoms with E-state index in [1.54, 1.807) is 27.7 Å². The Bertz CT molecular complexity index is 466. The van der Waals surface area contributed by atoms with E-state index < -0.39 is 18.7 Å². The van der Waals surface area contributed by atoms with Crippen LogP contribution in [-0.2, 0) is 4.74 Å². The van der Waals surface area contributed by atoms with Gasteiger partial charge in [-0.25, -0.2) is 4.79 Å². The Balaban J connectivity index is 3.19. The molecule has 0 radical (unpaired) electrons. The van der Waals surface area contributed by atoms with Crippen LogP contribution in [0.3, 0.4) is 0 Å². The van der Waals surface area contributed by atoms with Gasteiger partial charge in [-0.3, -0.25) is 0 Å². The topological polar surface area (TPSA) is 92.8 Å². The number of nitrogen functional groups attached to an aromatic ring is 1. The third kappa shape index (κ3) is 3.48. The second-order valence-electron chi connectivity index (χ2n) is 5.16. The first-order valence-electron chi connectivity index (χ1n) is 5.61. The maximum atomic E-state index is 12.0. The van der Waals surface area contributed by atoms with Crippen LogP contribution in [0, 0.1) is 6.92 Å². The minimum Gasteiger partial charge on any atom is -0.456 e. The van der Waals surface area contributed by atoms with Crippen molar-refractivity contribution in [2.24, 2.45) is 0 Å². The van der Waals surface area contributed by atoms with Gasteiger partial charge in [-0.1, -0.05) is 0 Å². The monoisotopic (exact) mass is 251 g/mol. The number of hydrogen-bond acceptors (Lipinski definition) is 5. The molecule has 0 bridgehead atoms. The number of anilines is 1. The van der Waals surface area contributed by atoms with E-state index in [-0.39, 0.29) is 11.0 Å². The van der Waals surface area contributed by atoms with Crippen LogP contribution in [-0.4, -0.2) is 28.7 Å². The van der Waals surface area contributed by atoms with E-state index >= 15 is 0 Å². The van der Waals surface area contributed by atoms with Crippen LogP contribution in [0.4, 0.5) is 5.69 Å². The zero-order valence-electron chi connectivity index (χ0n) is 11.0. The largest absolute Gasteiger partial charge is 0.488 e. The first-order chi connectivity index (χ1) is 8.11. The molecule has 0 atom stereocenters. The first kappa shape index (κ1) is 14.5. The van der Waals surface area contributed by atoms with Crippen molar-refractivity contribution in [2.75, 3.05) is 5.73 Å². The molecule has 1 aromatic rings. The number of carbonyl (C=O) groups excluding carboxylic acids is 1. The molecule has 0 saturated carbocycles. The van der Waals surface area contributed by atoms with E-state index in [0.717, 1.165) is 0 Å². The Morgan fingerprint density at radius 1 is 1.33 bits per heavy atom. The first-order valence-corrected chi connectivity index (χ1v) is 5.61. The Hall–Kier alpha value is -1.53. The molecule has 18 heavy (non-hydrogen) atoms. The lowest BCUT2D eigenvalue weighted by Crippen LogP contribution is -2.32. The molecule has 0 heterocycles. The zero-order chi connectivity index (χ0) is 14.1. The number of nitrogens with two attached hydrogens (primary N) is 1. The predicted octanol–water partition coefficient (Wildman–Crippen LogP) is 0.212. The summed E-state index contributed by atoms with van der Waals surface area (Å²) in [7, 11) is -1.67. The smallest absolute Gasteiger partial charge is 0.456 e. The van der Waals surface area contributed by atoms with E-state index in [0.29, 0.717) is 11.3 Å². The molecule has 0 aliphatic carbocycles. The van der Waals surface area contributed by atoms with Gasteiger partial charge in [0.2, 0.25) is 0 Å². The fourth-order valence-electron chi connectivity index (χ4n) is 1.45. The fraction of sp³-hybridized carbons (Fsp3) is 0.417.